The lowest BCUT2D eigenvalue weighted by Gasteiger charge is -2.00. The molecule has 2 N–H and O–H groups in total. The zero-order valence-electron chi connectivity index (χ0n) is 8.56. The van der Waals surface area contributed by atoms with E-state index in [1.807, 2.05) is 24.4 Å². The first-order valence-corrected chi connectivity index (χ1v) is 6.41. The fourth-order valence-corrected chi connectivity index (χ4v) is 2.32. The van der Waals surface area contributed by atoms with Crippen LogP contribution in [0, 0.1) is 0 Å². The Bertz CT molecular complexity index is 466. The Morgan fingerprint density at radius 2 is 2.31 bits per heavy atom. The Morgan fingerprint density at radius 3 is 2.94 bits per heavy atom. The molecule has 0 spiro atoms. The molecule has 7 heteroatoms. The van der Waals surface area contributed by atoms with Gasteiger partial charge in [0.2, 0.25) is 5.13 Å². The summed E-state index contributed by atoms with van der Waals surface area (Å²) in [5, 5.41) is 17.2. The molecule has 16 heavy (non-hydrogen) atoms. The maximum atomic E-state index is 11.5. The molecule has 0 bridgehead atoms. The quantitative estimate of drug-likeness (QED) is 0.885. The van der Waals surface area contributed by atoms with Crippen molar-refractivity contribution in [1.82, 2.24) is 10.2 Å². The summed E-state index contributed by atoms with van der Waals surface area (Å²) in [6, 6.07) is 3.42. The highest BCUT2D eigenvalue weighted by atomic mass is 32.1. The predicted octanol–water partition coefficient (Wildman–Crippen LogP) is 2.81. The number of nitrogens with one attached hydrogen (secondary N) is 2. The van der Waals surface area contributed by atoms with Crippen LogP contribution in [-0.4, -0.2) is 16.2 Å². The topological polar surface area (TPSA) is 66.9 Å². The van der Waals surface area contributed by atoms with Crippen LogP contribution in [0.25, 0.3) is 0 Å². The van der Waals surface area contributed by atoms with Crippen LogP contribution < -0.4 is 10.6 Å². The summed E-state index contributed by atoms with van der Waals surface area (Å²) in [4.78, 5) is 11.5. The molecule has 5 nitrogen and oxygen atoms in total. The number of hydrogen-bond acceptors (Lipinski definition) is 5. The lowest BCUT2D eigenvalue weighted by atomic mass is 10.5. The molecule has 0 atom stereocenters. The van der Waals surface area contributed by atoms with E-state index in [1.165, 1.54) is 22.7 Å². The third kappa shape index (κ3) is 2.77. The lowest BCUT2D eigenvalue weighted by molar-refractivity contribution is 0.262. The van der Waals surface area contributed by atoms with Gasteiger partial charge < -0.3 is 0 Å². The summed E-state index contributed by atoms with van der Waals surface area (Å²) in [6.07, 6.45) is 0.825. The molecule has 0 saturated carbocycles. The van der Waals surface area contributed by atoms with Crippen LogP contribution in [0.15, 0.2) is 17.5 Å². The molecule has 2 amide bonds. The number of carbonyl (C=O) groups is 1. The molecule has 2 rings (SSSR count). The summed E-state index contributed by atoms with van der Waals surface area (Å²) in [6.45, 7) is 2.00. The van der Waals surface area contributed by atoms with Gasteiger partial charge in [-0.1, -0.05) is 18.3 Å². The van der Waals surface area contributed by atoms with Gasteiger partial charge in [0.25, 0.3) is 0 Å². The van der Waals surface area contributed by atoms with E-state index in [0.29, 0.717) is 5.13 Å². The average Bonchev–Trinajstić information content (AvgIpc) is 2.89. The highest BCUT2D eigenvalue weighted by molar-refractivity contribution is 7.15. The van der Waals surface area contributed by atoms with Crippen molar-refractivity contribution in [1.29, 1.82) is 0 Å². The van der Waals surface area contributed by atoms with Crippen LogP contribution in [0.3, 0.4) is 0 Å². The number of carbonyl (C=O) groups excluding carboxylic acids is 1. The standard InChI is InChI=1S/C9H10N4OS2/c1-2-6-12-13-9(16-6)11-8(14)10-7-4-3-5-15-7/h3-5H,2H2,1H3,(H2,10,11,13,14). The summed E-state index contributed by atoms with van der Waals surface area (Å²) in [5.41, 5.74) is 0. The van der Waals surface area contributed by atoms with E-state index in [4.69, 9.17) is 0 Å². The molecule has 0 aliphatic rings. The molecule has 2 heterocycles. The van der Waals surface area contributed by atoms with Crippen molar-refractivity contribution in [2.24, 2.45) is 0 Å². The minimum absolute atomic E-state index is 0.291. The maximum Gasteiger partial charge on any atom is 0.326 e. The van der Waals surface area contributed by atoms with Gasteiger partial charge in [-0.05, 0) is 23.9 Å². The van der Waals surface area contributed by atoms with Gasteiger partial charge >= 0.3 is 6.03 Å². The van der Waals surface area contributed by atoms with Crippen LogP contribution >= 0.6 is 22.7 Å². The molecule has 2 aromatic heterocycles. The van der Waals surface area contributed by atoms with Crippen molar-refractivity contribution < 1.29 is 4.79 Å². The predicted molar refractivity (Wildman–Crippen MR) is 66.2 cm³/mol. The first kappa shape index (κ1) is 11.0. The van der Waals surface area contributed by atoms with Crippen LogP contribution in [0.1, 0.15) is 11.9 Å². The third-order valence-corrected chi connectivity index (χ3v) is 3.52. The number of aryl methyl sites for hydroxylation is 1. The van der Waals surface area contributed by atoms with Gasteiger partial charge in [-0.3, -0.25) is 10.6 Å². The second-order valence-corrected chi connectivity index (χ2v) is 4.92. The highest BCUT2D eigenvalue weighted by Gasteiger charge is 2.07. The molecule has 84 valence electrons. The number of urea groups is 1. The first-order valence-electron chi connectivity index (χ1n) is 4.72. The molecule has 0 aliphatic heterocycles. The second-order valence-electron chi connectivity index (χ2n) is 2.91. The molecule has 0 saturated heterocycles. The van der Waals surface area contributed by atoms with Gasteiger partial charge in [-0.25, -0.2) is 4.79 Å². The second kappa shape index (κ2) is 5.04. The average molecular weight is 254 g/mol. The Kier molecular flexibility index (Phi) is 3.47. The number of aromatic nitrogens is 2. The van der Waals surface area contributed by atoms with Gasteiger partial charge in [0.15, 0.2) is 0 Å². The molecule has 0 aliphatic carbocycles. The van der Waals surface area contributed by atoms with Gasteiger partial charge in [0, 0.05) is 0 Å². The van der Waals surface area contributed by atoms with Crippen molar-refractivity contribution in [3.05, 3.63) is 22.5 Å². The smallest absolute Gasteiger partial charge is 0.299 e. The van der Waals surface area contributed by atoms with E-state index < -0.39 is 0 Å². The normalized spacial score (nSPS) is 10.1. The number of anilines is 2. The van der Waals surface area contributed by atoms with Crippen LogP contribution in [0.4, 0.5) is 14.9 Å². The molecule has 0 fully saturated rings. The van der Waals surface area contributed by atoms with E-state index in [0.717, 1.165) is 16.4 Å². The Labute approximate surface area is 101 Å². The molecule has 0 aromatic carbocycles. The number of hydrogen-bond donors (Lipinski definition) is 2. The van der Waals surface area contributed by atoms with E-state index >= 15 is 0 Å². The number of nitrogens with zero attached hydrogens (tertiary/aromatic N) is 2. The fraction of sp³-hybridized carbons (Fsp3) is 0.222. The fourth-order valence-electron chi connectivity index (χ4n) is 1.04. The summed E-state index contributed by atoms with van der Waals surface area (Å²) in [5.74, 6) is 0. The van der Waals surface area contributed by atoms with E-state index in [-0.39, 0.29) is 6.03 Å². The molecule has 0 unspecified atom stereocenters. The first-order chi connectivity index (χ1) is 7.78. The molecule has 0 radical (unpaired) electrons. The van der Waals surface area contributed by atoms with Gasteiger partial charge in [0.1, 0.15) is 5.01 Å². The molecular weight excluding hydrogens is 244 g/mol. The summed E-state index contributed by atoms with van der Waals surface area (Å²) < 4.78 is 0. The Morgan fingerprint density at radius 1 is 1.44 bits per heavy atom. The third-order valence-electron chi connectivity index (χ3n) is 1.75. The van der Waals surface area contributed by atoms with E-state index in [1.54, 1.807) is 0 Å². The maximum absolute atomic E-state index is 11.5. The van der Waals surface area contributed by atoms with Crippen LogP contribution in [0.2, 0.25) is 0 Å². The summed E-state index contributed by atoms with van der Waals surface area (Å²) in [7, 11) is 0. The van der Waals surface area contributed by atoms with Crippen molar-refractivity contribution in [2.75, 3.05) is 10.6 Å². The minimum Gasteiger partial charge on any atom is -0.299 e. The zero-order valence-corrected chi connectivity index (χ0v) is 10.2. The van der Waals surface area contributed by atoms with E-state index in [9.17, 15) is 4.79 Å². The Hall–Kier alpha value is -1.47. The molecule has 2 aromatic rings. The monoisotopic (exact) mass is 254 g/mol. The number of thiophene rings is 1. The van der Waals surface area contributed by atoms with Crippen molar-refractivity contribution >= 4 is 38.8 Å². The van der Waals surface area contributed by atoms with Crippen LogP contribution in [-0.2, 0) is 6.42 Å². The lowest BCUT2D eigenvalue weighted by Crippen LogP contribution is -2.18. The molecular formula is C9H10N4OS2. The van der Waals surface area contributed by atoms with Crippen molar-refractivity contribution in [2.45, 2.75) is 13.3 Å². The van der Waals surface area contributed by atoms with Crippen LogP contribution in [0.5, 0.6) is 0 Å². The Balaban J connectivity index is 1.92. The van der Waals surface area contributed by atoms with Crippen molar-refractivity contribution in [3.63, 3.8) is 0 Å². The highest BCUT2D eigenvalue weighted by Crippen LogP contribution is 2.17. The SMILES string of the molecule is CCc1nnc(NC(=O)Nc2cccs2)s1. The number of rotatable bonds is 3. The van der Waals surface area contributed by atoms with Gasteiger partial charge in [-0.2, -0.15) is 0 Å². The van der Waals surface area contributed by atoms with Gasteiger partial charge in [0.05, 0.1) is 5.00 Å². The summed E-state index contributed by atoms with van der Waals surface area (Å²) >= 11 is 2.85. The minimum atomic E-state index is -0.291. The largest absolute Gasteiger partial charge is 0.326 e. The van der Waals surface area contributed by atoms with E-state index in [2.05, 4.69) is 20.8 Å². The number of amides is 2. The van der Waals surface area contributed by atoms with Crippen molar-refractivity contribution in [3.8, 4) is 0 Å². The zero-order chi connectivity index (χ0) is 11.4. The van der Waals surface area contributed by atoms with Gasteiger partial charge in [-0.15, -0.1) is 21.5 Å².